The average molecular weight is 227 g/mol. The first-order valence-corrected chi connectivity index (χ1v) is 5.27. The Morgan fingerprint density at radius 2 is 2.06 bits per heavy atom. The molecule has 0 unspecified atom stereocenters. The standard InChI is InChI=1S/C11H17NO4/c1-5-16-10(15)7-8(13)11(2,3)6-12(4)9(7)14/h7H,5-6H2,1-4H3/t7-/m1/s1. The van der Waals surface area contributed by atoms with Gasteiger partial charge in [0.05, 0.1) is 6.61 Å². The molecule has 1 aliphatic rings. The summed E-state index contributed by atoms with van der Waals surface area (Å²) in [6.07, 6.45) is 0. The van der Waals surface area contributed by atoms with Crippen LogP contribution in [-0.4, -0.2) is 42.8 Å². The van der Waals surface area contributed by atoms with Crippen molar-refractivity contribution in [3.63, 3.8) is 0 Å². The molecule has 1 saturated heterocycles. The summed E-state index contributed by atoms with van der Waals surface area (Å²) in [5, 5.41) is 0. The Balaban J connectivity index is 2.99. The maximum Gasteiger partial charge on any atom is 0.326 e. The van der Waals surface area contributed by atoms with E-state index in [-0.39, 0.29) is 12.4 Å². The zero-order valence-corrected chi connectivity index (χ0v) is 10.1. The van der Waals surface area contributed by atoms with Gasteiger partial charge in [-0.05, 0) is 6.92 Å². The first-order valence-electron chi connectivity index (χ1n) is 5.27. The predicted octanol–water partition coefficient (Wildman–Crippen LogP) is 0.233. The minimum absolute atomic E-state index is 0.167. The number of hydrogen-bond donors (Lipinski definition) is 0. The SMILES string of the molecule is CCOC(=O)[C@H]1C(=O)N(C)CC(C)(C)C1=O. The average Bonchev–Trinajstić information content (AvgIpc) is 2.15. The summed E-state index contributed by atoms with van der Waals surface area (Å²) in [6.45, 7) is 5.60. The molecule has 0 aliphatic carbocycles. The number of esters is 1. The van der Waals surface area contributed by atoms with E-state index in [9.17, 15) is 14.4 Å². The smallest absolute Gasteiger partial charge is 0.326 e. The molecule has 1 fully saturated rings. The molecule has 1 atom stereocenters. The highest BCUT2D eigenvalue weighted by Gasteiger charge is 2.49. The van der Waals surface area contributed by atoms with Crippen LogP contribution in [0.1, 0.15) is 20.8 Å². The van der Waals surface area contributed by atoms with E-state index in [1.807, 2.05) is 0 Å². The zero-order valence-electron chi connectivity index (χ0n) is 10.1. The third kappa shape index (κ3) is 2.08. The molecular weight excluding hydrogens is 210 g/mol. The largest absolute Gasteiger partial charge is 0.465 e. The maximum atomic E-state index is 12.0. The van der Waals surface area contributed by atoms with Crippen LogP contribution in [0.15, 0.2) is 0 Å². The lowest BCUT2D eigenvalue weighted by atomic mass is 9.77. The molecule has 0 aromatic carbocycles. The number of nitrogens with zero attached hydrogens (tertiary/aromatic N) is 1. The van der Waals surface area contributed by atoms with Crippen LogP contribution in [0.25, 0.3) is 0 Å². The fraction of sp³-hybridized carbons (Fsp3) is 0.727. The molecule has 0 N–H and O–H groups in total. The molecule has 5 heteroatoms. The zero-order chi connectivity index (χ0) is 12.5. The van der Waals surface area contributed by atoms with Crippen LogP contribution in [0.4, 0.5) is 0 Å². The van der Waals surface area contributed by atoms with Gasteiger partial charge in [-0.1, -0.05) is 13.8 Å². The molecule has 1 heterocycles. The van der Waals surface area contributed by atoms with Gasteiger partial charge in [-0.25, -0.2) is 0 Å². The van der Waals surface area contributed by atoms with Crippen LogP contribution in [0.5, 0.6) is 0 Å². The van der Waals surface area contributed by atoms with Gasteiger partial charge >= 0.3 is 5.97 Å². The molecule has 0 bridgehead atoms. The Morgan fingerprint density at radius 3 is 2.56 bits per heavy atom. The van der Waals surface area contributed by atoms with Crippen molar-refractivity contribution in [2.75, 3.05) is 20.2 Å². The number of piperidine rings is 1. The normalized spacial score (nSPS) is 24.5. The summed E-state index contributed by atoms with van der Waals surface area (Å²) < 4.78 is 4.76. The molecule has 0 radical (unpaired) electrons. The highest BCUT2D eigenvalue weighted by Crippen LogP contribution is 2.29. The van der Waals surface area contributed by atoms with Gasteiger partial charge in [-0.2, -0.15) is 0 Å². The number of amides is 1. The van der Waals surface area contributed by atoms with Crippen LogP contribution in [0, 0.1) is 11.3 Å². The quantitative estimate of drug-likeness (QED) is 0.500. The van der Waals surface area contributed by atoms with Crippen LogP contribution < -0.4 is 0 Å². The highest BCUT2D eigenvalue weighted by molar-refractivity contribution is 6.19. The summed E-state index contributed by atoms with van der Waals surface area (Å²) in [6, 6.07) is 0. The summed E-state index contributed by atoms with van der Waals surface area (Å²) >= 11 is 0. The Kier molecular flexibility index (Phi) is 3.35. The molecule has 16 heavy (non-hydrogen) atoms. The second-order valence-electron chi connectivity index (χ2n) is 4.63. The van der Waals surface area contributed by atoms with E-state index >= 15 is 0 Å². The van der Waals surface area contributed by atoms with Gasteiger partial charge in [0.15, 0.2) is 11.7 Å². The lowest BCUT2D eigenvalue weighted by Gasteiger charge is -2.37. The number of rotatable bonds is 2. The maximum absolute atomic E-state index is 12.0. The lowest BCUT2D eigenvalue weighted by Crippen LogP contribution is -2.56. The number of ether oxygens (including phenoxy) is 1. The van der Waals surface area contributed by atoms with Crippen molar-refractivity contribution in [1.29, 1.82) is 0 Å². The number of Topliss-reactive ketones (excluding diaryl/α,β-unsaturated/α-hetero) is 1. The Morgan fingerprint density at radius 1 is 1.50 bits per heavy atom. The topological polar surface area (TPSA) is 63.7 Å². The number of ketones is 1. The third-order valence-electron chi connectivity index (χ3n) is 2.71. The third-order valence-corrected chi connectivity index (χ3v) is 2.71. The van der Waals surface area contributed by atoms with E-state index in [1.165, 1.54) is 4.90 Å². The van der Waals surface area contributed by atoms with E-state index < -0.39 is 23.2 Å². The molecule has 1 amide bonds. The van der Waals surface area contributed by atoms with E-state index in [2.05, 4.69) is 0 Å². The highest BCUT2D eigenvalue weighted by atomic mass is 16.5. The van der Waals surface area contributed by atoms with Crippen molar-refractivity contribution in [3.8, 4) is 0 Å². The number of carbonyl (C=O) groups excluding carboxylic acids is 3. The second-order valence-corrected chi connectivity index (χ2v) is 4.63. The van der Waals surface area contributed by atoms with Crippen molar-refractivity contribution in [3.05, 3.63) is 0 Å². The van der Waals surface area contributed by atoms with Crippen molar-refractivity contribution in [1.82, 2.24) is 4.90 Å². The minimum atomic E-state index is -1.28. The van der Waals surface area contributed by atoms with Crippen LogP contribution in [0.3, 0.4) is 0 Å². The predicted molar refractivity (Wildman–Crippen MR) is 56.5 cm³/mol. The summed E-state index contributed by atoms with van der Waals surface area (Å²) in [4.78, 5) is 36.7. The molecule has 90 valence electrons. The van der Waals surface area contributed by atoms with E-state index in [0.29, 0.717) is 6.54 Å². The summed E-state index contributed by atoms with van der Waals surface area (Å²) in [5.74, 6) is -2.84. The lowest BCUT2D eigenvalue weighted by molar-refractivity contribution is -0.165. The van der Waals surface area contributed by atoms with Gasteiger partial charge in [0, 0.05) is 19.0 Å². The van der Waals surface area contributed by atoms with Gasteiger partial charge < -0.3 is 9.64 Å². The van der Waals surface area contributed by atoms with Crippen molar-refractivity contribution >= 4 is 17.7 Å². The van der Waals surface area contributed by atoms with Gasteiger partial charge in [0.25, 0.3) is 0 Å². The van der Waals surface area contributed by atoms with Gasteiger partial charge in [0.1, 0.15) is 0 Å². The number of hydrogen-bond acceptors (Lipinski definition) is 4. The summed E-state index contributed by atoms with van der Waals surface area (Å²) in [5.41, 5.74) is -0.694. The molecule has 0 spiro atoms. The van der Waals surface area contributed by atoms with E-state index in [4.69, 9.17) is 4.74 Å². The van der Waals surface area contributed by atoms with Crippen molar-refractivity contribution in [2.45, 2.75) is 20.8 Å². The molecule has 0 saturated carbocycles. The van der Waals surface area contributed by atoms with Crippen LogP contribution >= 0.6 is 0 Å². The fourth-order valence-corrected chi connectivity index (χ4v) is 1.91. The van der Waals surface area contributed by atoms with Gasteiger partial charge in [-0.15, -0.1) is 0 Å². The van der Waals surface area contributed by atoms with Gasteiger partial charge in [-0.3, -0.25) is 14.4 Å². The Bertz CT molecular complexity index is 335. The van der Waals surface area contributed by atoms with Gasteiger partial charge in [0.2, 0.25) is 5.91 Å². The molecule has 1 aliphatic heterocycles. The first-order chi connectivity index (χ1) is 7.31. The van der Waals surface area contributed by atoms with Crippen molar-refractivity contribution in [2.24, 2.45) is 11.3 Å². The van der Waals surface area contributed by atoms with Crippen molar-refractivity contribution < 1.29 is 19.1 Å². The number of carbonyl (C=O) groups is 3. The molecule has 1 rings (SSSR count). The molecule has 0 aromatic heterocycles. The molecule has 5 nitrogen and oxygen atoms in total. The van der Waals surface area contributed by atoms with E-state index in [0.717, 1.165) is 0 Å². The monoisotopic (exact) mass is 227 g/mol. The molecular formula is C11H17NO4. The fourth-order valence-electron chi connectivity index (χ4n) is 1.91. The Labute approximate surface area is 94.7 Å². The number of likely N-dealkylation sites (tertiary alicyclic amines) is 1. The first kappa shape index (κ1) is 12.7. The Hall–Kier alpha value is -1.39. The summed E-state index contributed by atoms with van der Waals surface area (Å²) in [7, 11) is 1.59. The second kappa shape index (κ2) is 4.23. The minimum Gasteiger partial charge on any atom is -0.465 e. The molecule has 0 aromatic rings. The van der Waals surface area contributed by atoms with Crippen LogP contribution in [0.2, 0.25) is 0 Å². The van der Waals surface area contributed by atoms with E-state index in [1.54, 1.807) is 27.8 Å². The van der Waals surface area contributed by atoms with Crippen LogP contribution in [-0.2, 0) is 19.1 Å².